The molecular weight excluding hydrogens is 200 g/mol. The average molecular weight is 213 g/mol. The van der Waals surface area contributed by atoms with Gasteiger partial charge >= 0.3 is 0 Å². The molecule has 0 unspecified atom stereocenters. The van der Waals surface area contributed by atoms with Crippen LogP contribution >= 0.6 is 11.6 Å². The largest absolute Gasteiger partial charge is 0.300 e. The lowest BCUT2D eigenvalue weighted by Crippen LogP contribution is -2.21. The molecule has 0 aliphatic heterocycles. The minimum Gasteiger partial charge on any atom is -0.300 e. The Kier molecular flexibility index (Phi) is 3.21. The molecule has 1 heterocycles. The topological polar surface area (TPSA) is 42.9 Å². The smallest absolute Gasteiger partial charge is 0.222 e. The summed E-state index contributed by atoms with van der Waals surface area (Å²) in [7, 11) is 0. The van der Waals surface area contributed by atoms with Crippen LogP contribution in [0.15, 0.2) is 12.4 Å². The van der Waals surface area contributed by atoms with Gasteiger partial charge in [0.25, 0.3) is 0 Å². The van der Waals surface area contributed by atoms with Gasteiger partial charge in [-0.25, -0.2) is 9.97 Å². The van der Waals surface area contributed by atoms with Gasteiger partial charge in [0.05, 0.1) is 0 Å². The Morgan fingerprint density at radius 2 is 1.93 bits per heavy atom. The Morgan fingerprint density at radius 3 is 2.36 bits per heavy atom. The summed E-state index contributed by atoms with van der Waals surface area (Å²) in [4.78, 5) is 18.8. The molecule has 0 spiro atoms. The second-order valence-corrected chi connectivity index (χ2v) is 4.34. The predicted molar refractivity (Wildman–Crippen MR) is 55.4 cm³/mol. The van der Waals surface area contributed by atoms with Crippen molar-refractivity contribution in [3.05, 3.63) is 23.2 Å². The van der Waals surface area contributed by atoms with E-state index in [4.69, 9.17) is 11.6 Å². The van der Waals surface area contributed by atoms with Crippen LogP contribution in [-0.2, 0) is 10.2 Å². The Bertz CT molecular complexity index is 332. The van der Waals surface area contributed by atoms with Gasteiger partial charge in [-0.3, -0.25) is 4.79 Å². The van der Waals surface area contributed by atoms with E-state index in [1.807, 2.05) is 13.8 Å². The Balaban J connectivity index is 2.91. The van der Waals surface area contributed by atoms with Crippen LogP contribution in [0.3, 0.4) is 0 Å². The molecule has 0 aliphatic carbocycles. The monoisotopic (exact) mass is 212 g/mol. The zero-order valence-corrected chi connectivity index (χ0v) is 9.30. The molecule has 0 atom stereocenters. The summed E-state index contributed by atoms with van der Waals surface area (Å²) < 4.78 is 0. The van der Waals surface area contributed by atoms with Crippen molar-refractivity contribution >= 4 is 17.4 Å². The van der Waals surface area contributed by atoms with E-state index in [2.05, 4.69) is 9.97 Å². The quantitative estimate of drug-likeness (QED) is 0.723. The maximum absolute atomic E-state index is 11.0. The third-order valence-electron chi connectivity index (χ3n) is 2.09. The van der Waals surface area contributed by atoms with E-state index in [0.717, 1.165) is 5.56 Å². The van der Waals surface area contributed by atoms with Crippen molar-refractivity contribution in [3.8, 4) is 0 Å². The molecular formula is C10H13ClN2O. The summed E-state index contributed by atoms with van der Waals surface area (Å²) in [6, 6.07) is 0. The molecule has 1 aromatic rings. The van der Waals surface area contributed by atoms with Crippen LogP contribution in [0.25, 0.3) is 0 Å². The molecule has 0 saturated heterocycles. The number of rotatable bonds is 3. The highest BCUT2D eigenvalue weighted by atomic mass is 35.5. The predicted octanol–water partition coefficient (Wildman–Crippen LogP) is 2.39. The van der Waals surface area contributed by atoms with Gasteiger partial charge in [0.15, 0.2) is 0 Å². The van der Waals surface area contributed by atoms with Gasteiger partial charge in [-0.05, 0) is 29.5 Å². The van der Waals surface area contributed by atoms with Crippen LogP contribution in [0.5, 0.6) is 0 Å². The van der Waals surface area contributed by atoms with Crippen molar-refractivity contribution in [3.63, 3.8) is 0 Å². The minimum absolute atomic E-state index is 0.157. The van der Waals surface area contributed by atoms with E-state index in [1.165, 1.54) is 0 Å². The third-order valence-corrected chi connectivity index (χ3v) is 2.29. The molecule has 14 heavy (non-hydrogen) atoms. The molecule has 0 aliphatic rings. The number of ketones is 1. The third kappa shape index (κ3) is 2.77. The fraction of sp³-hybridized carbons (Fsp3) is 0.500. The summed E-state index contributed by atoms with van der Waals surface area (Å²) in [6.07, 6.45) is 3.81. The fourth-order valence-corrected chi connectivity index (χ4v) is 1.48. The van der Waals surface area contributed by atoms with Gasteiger partial charge in [-0.1, -0.05) is 13.8 Å². The molecule has 76 valence electrons. The van der Waals surface area contributed by atoms with Gasteiger partial charge in [-0.2, -0.15) is 0 Å². The first-order valence-electron chi connectivity index (χ1n) is 4.39. The van der Waals surface area contributed by atoms with Crippen LogP contribution in [0.1, 0.15) is 32.8 Å². The van der Waals surface area contributed by atoms with Crippen molar-refractivity contribution in [1.29, 1.82) is 0 Å². The lowest BCUT2D eigenvalue weighted by Gasteiger charge is -2.22. The molecule has 0 aromatic carbocycles. The zero-order chi connectivity index (χ0) is 10.8. The van der Waals surface area contributed by atoms with Gasteiger partial charge in [0.2, 0.25) is 5.28 Å². The lowest BCUT2D eigenvalue weighted by molar-refractivity contribution is -0.118. The number of hydrogen-bond donors (Lipinski definition) is 0. The molecule has 1 rings (SSSR count). The first-order valence-corrected chi connectivity index (χ1v) is 4.77. The maximum atomic E-state index is 11.0. The molecule has 0 N–H and O–H groups in total. The summed E-state index contributed by atoms with van der Waals surface area (Å²) in [5, 5.41) is 0.229. The van der Waals surface area contributed by atoms with E-state index in [-0.39, 0.29) is 16.5 Å². The molecule has 0 bridgehead atoms. The number of aromatic nitrogens is 2. The first kappa shape index (κ1) is 11.1. The van der Waals surface area contributed by atoms with E-state index in [0.29, 0.717) is 6.42 Å². The van der Waals surface area contributed by atoms with Crippen LogP contribution in [0.2, 0.25) is 5.28 Å². The second-order valence-electron chi connectivity index (χ2n) is 4.00. The minimum atomic E-state index is -0.226. The van der Waals surface area contributed by atoms with Crippen molar-refractivity contribution in [2.24, 2.45) is 0 Å². The maximum Gasteiger partial charge on any atom is 0.222 e. The molecule has 4 heteroatoms. The summed E-state index contributed by atoms with van der Waals surface area (Å²) >= 11 is 5.58. The Morgan fingerprint density at radius 1 is 1.43 bits per heavy atom. The Hall–Kier alpha value is -0.960. The molecule has 0 amide bonds. The van der Waals surface area contributed by atoms with Crippen LogP contribution in [-0.4, -0.2) is 15.8 Å². The summed E-state index contributed by atoms with van der Waals surface area (Å²) in [5.74, 6) is 0.157. The average Bonchev–Trinajstić information content (AvgIpc) is 2.02. The fourth-order valence-electron chi connectivity index (χ4n) is 1.39. The van der Waals surface area contributed by atoms with E-state index < -0.39 is 0 Å². The van der Waals surface area contributed by atoms with Crippen LogP contribution < -0.4 is 0 Å². The number of hydrogen-bond acceptors (Lipinski definition) is 3. The van der Waals surface area contributed by atoms with E-state index >= 15 is 0 Å². The van der Waals surface area contributed by atoms with Gasteiger partial charge in [-0.15, -0.1) is 0 Å². The highest BCUT2D eigenvalue weighted by Crippen LogP contribution is 2.26. The van der Waals surface area contributed by atoms with E-state index in [9.17, 15) is 4.79 Å². The summed E-state index contributed by atoms with van der Waals surface area (Å²) in [5.41, 5.74) is 0.702. The van der Waals surface area contributed by atoms with E-state index in [1.54, 1.807) is 19.3 Å². The summed E-state index contributed by atoms with van der Waals surface area (Å²) in [6.45, 7) is 5.56. The van der Waals surface area contributed by atoms with Crippen molar-refractivity contribution in [2.45, 2.75) is 32.6 Å². The first-order chi connectivity index (χ1) is 6.42. The molecule has 1 aromatic heterocycles. The standard InChI is InChI=1S/C10H13ClN2O/c1-7(14)4-10(2,3)8-5-12-9(11)13-6-8/h5-6H,4H2,1-3H3. The number of carbonyl (C=O) groups excluding carboxylic acids is 1. The molecule has 0 fully saturated rings. The highest BCUT2D eigenvalue weighted by Gasteiger charge is 2.23. The lowest BCUT2D eigenvalue weighted by atomic mass is 9.82. The Labute approximate surface area is 88.5 Å². The van der Waals surface area contributed by atoms with Crippen LogP contribution in [0, 0.1) is 0 Å². The van der Waals surface area contributed by atoms with Crippen molar-refractivity contribution in [1.82, 2.24) is 9.97 Å². The number of Topliss-reactive ketones (excluding diaryl/α,β-unsaturated/α-hetero) is 1. The number of nitrogens with zero attached hydrogens (tertiary/aromatic N) is 2. The molecule has 0 saturated carbocycles. The molecule has 3 nitrogen and oxygen atoms in total. The van der Waals surface area contributed by atoms with Gasteiger partial charge in [0.1, 0.15) is 5.78 Å². The van der Waals surface area contributed by atoms with Crippen molar-refractivity contribution in [2.75, 3.05) is 0 Å². The zero-order valence-electron chi connectivity index (χ0n) is 8.54. The van der Waals surface area contributed by atoms with Crippen LogP contribution in [0.4, 0.5) is 0 Å². The van der Waals surface area contributed by atoms with Crippen molar-refractivity contribution < 1.29 is 4.79 Å². The number of halogens is 1. The van der Waals surface area contributed by atoms with Gasteiger partial charge in [0, 0.05) is 18.8 Å². The molecule has 0 radical (unpaired) electrons. The number of carbonyl (C=O) groups is 1. The van der Waals surface area contributed by atoms with Gasteiger partial charge < -0.3 is 0 Å². The SMILES string of the molecule is CC(=O)CC(C)(C)c1cnc(Cl)nc1. The normalized spacial score (nSPS) is 11.4. The second kappa shape index (κ2) is 4.05. The highest BCUT2D eigenvalue weighted by molar-refractivity contribution is 6.28.